The Bertz CT molecular complexity index is 962. The van der Waals surface area contributed by atoms with E-state index in [1.54, 1.807) is 0 Å². The van der Waals surface area contributed by atoms with Gasteiger partial charge >= 0.3 is 6.18 Å². The van der Waals surface area contributed by atoms with Crippen LogP contribution in [0.3, 0.4) is 0 Å². The molecule has 27 heavy (non-hydrogen) atoms. The third-order valence-electron chi connectivity index (χ3n) is 4.70. The van der Waals surface area contributed by atoms with Crippen LogP contribution < -0.4 is 5.32 Å². The lowest BCUT2D eigenvalue weighted by Crippen LogP contribution is -2.07. The summed E-state index contributed by atoms with van der Waals surface area (Å²) < 4.78 is 41.4. The van der Waals surface area contributed by atoms with E-state index in [2.05, 4.69) is 21.2 Å². The molecule has 0 spiro atoms. The average molecular weight is 436 g/mol. The Labute approximate surface area is 163 Å². The van der Waals surface area contributed by atoms with E-state index in [1.165, 1.54) is 12.1 Å². The number of aromatic nitrogens is 2. The molecule has 3 nitrogen and oxygen atoms in total. The summed E-state index contributed by atoms with van der Waals surface area (Å²) in [6, 6.07) is 13.0. The smallest absolute Gasteiger partial charge is 0.370 e. The van der Waals surface area contributed by atoms with Crippen molar-refractivity contribution in [3.63, 3.8) is 0 Å². The van der Waals surface area contributed by atoms with Crippen LogP contribution in [0.25, 0.3) is 16.9 Å². The summed E-state index contributed by atoms with van der Waals surface area (Å²) in [6.07, 6.45) is -1.46. The minimum Gasteiger partial charge on any atom is -0.370 e. The van der Waals surface area contributed by atoms with Crippen molar-refractivity contribution in [1.29, 1.82) is 0 Å². The van der Waals surface area contributed by atoms with E-state index >= 15 is 0 Å². The highest BCUT2D eigenvalue weighted by molar-refractivity contribution is 9.10. The summed E-state index contributed by atoms with van der Waals surface area (Å²) >= 11 is 3.56. The summed E-state index contributed by atoms with van der Waals surface area (Å²) in [4.78, 5) is 0. The van der Waals surface area contributed by atoms with Crippen molar-refractivity contribution >= 4 is 21.7 Å². The number of rotatable bonds is 2. The van der Waals surface area contributed by atoms with Crippen LogP contribution in [0, 0.1) is 0 Å². The third-order valence-corrected chi connectivity index (χ3v) is 5.37. The first-order valence-electron chi connectivity index (χ1n) is 8.73. The van der Waals surface area contributed by atoms with E-state index in [-0.39, 0.29) is 0 Å². The monoisotopic (exact) mass is 435 g/mol. The van der Waals surface area contributed by atoms with Gasteiger partial charge in [0.25, 0.3) is 0 Å². The first-order valence-corrected chi connectivity index (χ1v) is 9.53. The number of halogens is 4. The van der Waals surface area contributed by atoms with Gasteiger partial charge in [-0.3, -0.25) is 0 Å². The second kappa shape index (κ2) is 7.03. The lowest BCUT2D eigenvalue weighted by molar-refractivity contribution is -0.137. The zero-order valence-electron chi connectivity index (χ0n) is 14.4. The van der Waals surface area contributed by atoms with E-state index < -0.39 is 11.7 Å². The number of hydrogen-bond donors (Lipinski definition) is 1. The van der Waals surface area contributed by atoms with Crippen molar-refractivity contribution in [3.8, 4) is 16.9 Å². The number of hydrogen-bond acceptors (Lipinski definition) is 2. The zero-order chi connectivity index (χ0) is 19.0. The molecule has 1 aromatic heterocycles. The molecule has 0 saturated carbocycles. The van der Waals surface area contributed by atoms with E-state index in [1.807, 2.05) is 28.9 Å². The van der Waals surface area contributed by atoms with Crippen LogP contribution in [0.15, 0.2) is 53.0 Å². The Morgan fingerprint density at radius 2 is 1.74 bits per heavy atom. The first kappa shape index (κ1) is 18.1. The van der Waals surface area contributed by atoms with Gasteiger partial charge in [0.15, 0.2) is 0 Å². The molecule has 2 aromatic carbocycles. The van der Waals surface area contributed by atoms with Crippen LogP contribution in [0.4, 0.5) is 19.0 Å². The van der Waals surface area contributed by atoms with E-state index in [0.29, 0.717) is 5.56 Å². The van der Waals surface area contributed by atoms with Crippen molar-refractivity contribution in [2.45, 2.75) is 25.4 Å². The second-order valence-electron chi connectivity index (χ2n) is 6.50. The predicted octanol–water partition coefficient (Wildman–Crippen LogP) is 6.07. The lowest BCUT2D eigenvalue weighted by Gasteiger charge is -2.10. The third kappa shape index (κ3) is 3.48. The first-order chi connectivity index (χ1) is 12.9. The number of para-hydroxylation sites is 1. The van der Waals surface area contributed by atoms with Crippen molar-refractivity contribution < 1.29 is 13.2 Å². The molecule has 0 amide bonds. The maximum atomic E-state index is 12.9. The summed E-state index contributed by atoms with van der Waals surface area (Å²) in [6.45, 7) is 0.843. The van der Waals surface area contributed by atoms with Gasteiger partial charge in [-0.1, -0.05) is 24.3 Å². The minimum atomic E-state index is -4.34. The summed E-state index contributed by atoms with van der Waals surface area (Å²) in [5.41, 5.74) is 2.70. The molecule has 0 unspecified atom stereocenters. The number of fused-ring (bicyclic) bond motifs is 1. The largest absolute Gasteiger partial charge is 0.416 e. The van der Waals surface area contributed by atoms with Gasteiger partial charge in [0.05, 0.1) is 16.9 Å². The standard InChI is InChI=1S/C20H17BrF3N3/c21-16-6-1-2-7-17(16)27-19-15(5-3-4-12-25-19)18(26-27)13-8-10-14(11-9-13)20(22,23)24/h1-2,6-11,25H,3-5,12H2. The van der Waals surface area contributed by atoms with Gasteiger partial charge in [-0.25, -0.2) is 4.68 Å². The molecule has 3 aromatic rings. The van der Waals surface area contributed by atoms with Crippen LogP contribution in [0.5, 0.6) is 0 Å². The molecule has 1 aliphatic rings. The van der Waals surface area contributed by atoms with Crippen molar-refractivity contribution in [2.24, 2.45) is 0 Å². The molecule has 0 radical (unpaired) electrons. The van der Waals surface area contributed by atoms with E-state index in [9.17, 15) is 13.2 Å². The van der Waals surface area contributed by atoms with Gasteiger partial charge < -0.3 is 5.32 Å². The van der Waals surface area contributed by atoms with Gasteiger partial charge in [-0.15, -0.1) is 0 Å². The van der Waals surface area contributed by atoms with Crippen molar-refractivity contribution in [1.82, 2.24) is 9.78 Å². The average Bonchev–Trinajstić information content (AvgIpc) is 2.83. The van der Waals surface area contributed by atoms with Gasteiger partial charge in [0.1, 0.15) is 5.82 Å². The quantitative estimate of drug-likeness (QED) is 0.529. The Balaban J connectivity index is 1.85. The van der Waals surface area contributed by atoms with Crippen LogP contribution in [0.2, 0.25) is 0 Å². The van der Waals surface area contributed by atoms with Crippen molar-refractivity contribution in [2.75, 3.05) is 11.9 Å². The zero-order valence-corrected chi connectivity index (χ0v) is 15.9. The molecular weight excluding hydrogens is 419 g/mol. The van der Waals surface area contributed by atoms with Crippen LogP contribution in [-0.4, -0.2) is 16.3 Å². The number of alkyl halides is 3. The maximum absolute atomic E-state index is 12.9. The molecule has 1 N–H and O–H groups in total. The molecule has 0 atom stereocenters. The van der Waals surface area contributed by atoms with E-state index in [0.717, 1.165) is 65.2 Å². The van der Waals surface area contributed by atoms with Gasteiger partial charge in [0, 0.05) is 22.1 Å². The fourth-order valence-electron chi connectivity index (χ4n) is 3.35. The van der Waals surface area contributed by atoms with Gasteiger partial charge in [-0.2, -0.15) is 18.3 Å². The van der Waals surface area contributed by atoms with Gasteiger partial charge in [-0.05, 0) is 59.5 Å². The van der Waals surface area contributed by atoms with Crippen LogP contribution >= 0.6 is 15.9 Å². The summed E-state index contributed by atoms with van der Waals surface area (Å²) in [5.74, 6) is 0.911. The number of nitrogens with one attached hydrogen (secondary N) is 1. The van der Waals surface area contributed by atoms with Gasteiger partial charge in [0.2, 0.25) is 0 Å². The minimum absolute atomic E-state index is 0.652. The maximum Gasteiger partial charge on any atom is 0.416 e. The fraction of sp³-hybridized carbons (Fsp3) is 0.250. The second-order valence-corrected chi connectivity index (χ2v) is 7.35. The molecule has 0 bridgehead atoms. The summed E-state index contributed by atoms with van der Waals surface area (Å²) in [5, 5.41) is 8.21. The molecule has 0 aliphatic carbocycles. The molecular formula is C20H17BrF3N3. The van der Waals surface area contributed by atoms with E-state index in [4.69, 9.17) is 5.10 Å². The molecule has 0 fully saturated rings. The number of nitrogens with zero attached hydrogens (tertiary/aromatic N) is 2. The molecule has 1 aliphatic heterocycles. The molecule has 2 heterocycles. The van der Waals surface area contributed by atoms with Crippen LogP contribution in [-0.2, 0) is 12.6 Å². The Morgan fingerprint density at radius 1 is 1.00 bits per heavy atom. The predicted molar refractivity (Wildman–Crippen MR) is 103 cm³/mol. The number of benzene rings is 2. The molecule has 140 valence electrons. The molecule has 0 saturated heterocycles. The highest BCUT2D eigenvalue weighted by Crippen LogP contribution is 2.37. The Morgan fingerprint density at radius 3 is 2.44 bits per heavy atom. The Hall–Kier alpha value is -2.28. The highest BCUT2D eigenvalue weighted by Gasteiger charge is 2.30. The normalized spacial score (nSPS) is 14.4. The highest BCUT2D eigenvalue weighted by atomic mass is 79.9. The molecule has 7 heteroatoms. The van der Waals surface area contributed by atoms with Crippen LogP contribution in [0.1, 0.15) is 24.0 Å². The number of anilines is 1. The topological polar surface area (TPSA) is 29.9 Å². The Kier molecular flexibility index (Phi) is 4.72. The molecule has 4 rings (SSSR count). The lowest BCUT2D eigenvalue weighted by atomic mass is 10.0. The van der Waals surface area contributed by atoms with Crippen molar-refractivity contribution in [3.05, 3.63) is 64.1 Å². The fourth-order valence-corrected chi connectivity index (χ4v) is 3.80. The summed E-state index contributed by atoms with van der Waals surface area (Å²) in [7, 11) is 0. The SMILES string of the molecule is FC(F)(F)c1ccc(-c2nn(-c3ccccc3Br)c3c2CCCCN3)cc1.